The minimum Gasteiger partial charge on any atom is -0.378 e. The lowest BCUT2D eigenvalue weighted by atomic mass is 9.50. The van der Waals surface area contributed by atoms with E-state index in [0.717, 1.165) is 19.3 Å². The predicted octanol–water partition coefficient (Wildman–Crippen LogP) is 3.19. The number of halogens is 1. The van der Waals surface area contributed by atoms with Gasteiger partial charge in [0.25, 0.3) is 5.91 Å². The van der Waals surface area contributed by atoms with E-state index in [1.165, 1.54) is 24.8 Å². The van der Waals surface area contributed by atoms with Gasteiger partial charge in [-0.05, 0) is 32.3 Å². The van der Waals surface area contributed by atoms with Gasteiger partial charge in [0, 0.05) is 43.6 Å². The molecule has 4 rings (SSSR count). The fourth-order valence-electron chi connectivity index (χ4n) is 4.43. The van der Waals surface area contributed by atoms with Crippen LogP contribution in [0, 0.1) is 11.2 Å². The van der Waals surface area contributed by atoms with E-state index < -0.39 is 5.82 Å². The maximum absolute atomic E-state index is 14.5. The molecule has 2 aromatic rings. The van der Waals surface area contributed by atoms with Crippen LogP contribution in [-0.2, 0) is 4.74 Å². The zero-order valence-corrected chi connectivity index (χ0v) is 14.5. The molecular formula is C19H22FN3O2. The van der Waals surface area contributed by atoms with E-state index in [1.807, 2.05) is 6.92 Å². The van der Waals surface area contributed by atoms with Crippen molar-refractivity contribution >= 4 is 16.9 Å². The molecule has 1 aromatic heterocycles. The molecule has 6 heteroatoms. The molecule has 0 unspecified atom stereocenters. The fourth-order valence-corrected chi connectivity index (χ4v) is 4.43. The lowest BCUT2D eigenvalue weighted by Crippen LogP contribution is -2.67. The van der Waals surface area contributed by atoms with Gasteiger partial charge in [0.2, 0.25) is 0 Å². The molecule has 1 amide bonds. The lowest BCUT2D eigenvalue weighted by molar-refractivity contribution is -0.192. The Balaban J connectivity index is 1.60. The molecule has 2 fully saturated rings. The van der Waals surface area contributed by atoms with Gasteiger partial charge in [-0.15, -0.1) is 0 Å². The molecule has 2 saturated carbocycles. The minimum atomic E-state index is -0.548. The molecule has 0 saturated heterocycles. The van der Waals surface area contributed by atoms with Gasteiger partial charge in [-0.1, -0.05) is 6.42 Å². The number of aromatic nitrogens is 2. The molecule has 2 atom stereocenters. The van der Waals surface area contributed by atoms with Crippen molar-refractivity contribution < 1.29 is 13.9 Å². The molecule has 0 radical (unpaired) electrons. The SMILES string of the molecule is CCO[C@@H]1C[C@@H](N(C)C(=O)c2cc3nccnc3cc2F)C12CCC2. The molecule has 25 heavy (non-hydrogen) atoms. The molecular weight excluding hydrogens is 321 g/mol. The lowest BCUT2D eigenvalue weighted by Gasteiger charge is -2.63. The van der Waals surface area contributed by atoms with Gasteiger partial charge in [-0.2, -0.15) is 0 Å². The van der Waals surface area contributed by atoms with Crippen LogP contribution in [0.4, 0.5) is 4.39 Å². The number of hydrogen-bond donors (Lipinski definition) is 0. The van der Waals surface area contributed by atoms with E-state index in [-0.39, 0.29) is 29.0 Å². The van der Waals surface area contributed by atoms with Crippen molar-refractivity contribution in [2.45, 2.75) is 44.8 Å². The first-order valence-corrected chi connectivity index (χ1v) is 8.86. The summed E-state index contributed by atoms with van der Waals surface area (Å²) in [5.41, 5.74) is 1.10. The van der Waals surface area contributed by atoms with E-state index in [0.29, 0.717) is 17.6 Å². The second-order valence-electron chi connectivity index (χ2n) is 7.08. The summed E-state index contributed by atoms with van der Waals surface area (Å²) < 4.78 is 20.3. The number of rotatable bonds is 4. The topological polar surface area (TPSA) is 55.3 Å². The molecule has 2 aliphatic rings. The minimum absolute atomic E-state index is 0.0600. The summed E-state index contributed by atoms with van der Waals surface area (Å²) in [6, 6.07) is 2.90. The first-order chi connectivity index (χ1) is 12.1. The van der Waals surface area contributed by atoms with Crippen molar-refractivity contribution in [2.24, 2.45) is 5.41 Å². The Kier molecular flexibility index (Phi) is 3.95. The van der Waals surface area contributed by atoms with E-state index >= 15 is 0 Å². The summed E-state index contributed by atoms with van der Waals surface area (Å²) in [5, 5.41) is 0. The molecule has 0 bridgehead atoms. The average molecular weight is 343 g/mol. The van der Waals surface area contributed by atoms with Gasteiger partial charge < -0.3 is 9.64 Å². The summed E-state index contributed by atoms with van der Waals surface area (Å²) >= 11 is 0. The highest BCUT2D eigenvalue weighted by Gasteiger charge is 2.61. The summed E-state index contributed by atoms with van der Waals surface area (Å²) in [4.78, 5) is 22.9. The van der Waals surface area contributed by atoms with Crippen molar-refractivity contribution in [1.29, 1.82) is 0 Å². The van der Waals surface area contributed by atoms with Crippen molar-refractivity contribution in [2.75, 3.05) is 13.7 Å². The number of fused-ring (bicyclic) bond motifs is 1. The summed E-state index contributed by atoms with van der Waals surface area (Å²) in [7, 11) is 1.77. The van der Waals surface area contributed by atoms with Gasteiger partial charge in [-0.3, -0.25) is 14.8 Å². The Morgan fingerprint density at radius 1 is 1.32 bits per heavy atom. The van der Waals surface area contributed by atoms with Crippen molar-refractivity contribution in [3.05, 3.63) is 35.9 Å². The predicted molar refractivity (Wildman–Crippen MR) is 91.7 cm³/mol. The van der Waals surface area contributed by atoms with E-state index in [2.05, 4.69) is 9.97 Å². The van der Waals surface area contributed by atoms with Crippen LogP contribution in [0.15, 0.2) is 24.5 Å². The monoisotopic (exact) mass is 343 g/mol. The van der Waals surface area contributed by atoms with Gasteiger partial charge in [0.05, 0.1) is 22.7 Å². The Bertz CT molecular complexity index is 821. The molecule has 1 heterocycles. The number of ether oxygens (including phenoxy) is 1. The quantitative estimate of drug-likeness (QED) is 0.855. The second kappa shape index (κ2) is 6.02. The highest BCUT2D eigenvalue weighted by atomic mass is 19.1. The zero-order chi connectivity index (χ0) is 17.6. The van der Waals surface area contributed by atoms with Gasteiger partial charge in [-0.25, -0.2) is 4.39 Å². The third-order valence-electron chi connectivity index (χ3n) is 5.97. The third-order valence-corrected chi connectivity index (χ3v) is 5.97. The van der Waals surface area contributed by atoms with Crippen LogP contribution in [-0.4, -0.2) is 46.6 Å². The normalized spacial score (nSPS) is 24.0. The highest BCUT2D eigenvalue weighted by molar-refractivity contribution is 5.97. The molecule has 2 aliphatic carbocycles. The zero-order valence-electron chi connectivity index (χ0n) is 14.5. The van der Waals surface area contributed by atoms with Crippen molar-refractivity contribution in [3.63, 3.8) is 0 Å². The van der Waals surface area contributed by atoms with Gasteiger partial charge in [0.1, 0.15) is 5.82 Å². The standard InChI is InChI=1S/C19H22FN3O2/c1-3-25-17-11-16(19(17)5-4-6-19)23(2)18(24)12-9-14-15(10-13(12)20)22-8-7-21-14/h7-10,16-17H,3-6,11H2,1-2H3/t16-,17-/m1/s1. The number of amides is 1. The van der Waals surface area contributed by atoms with Crippen molar-refractivity contribution in [1.82, 2.24) is 14.9 Å². The van der Waals surface area contributed by atoms with Crippen LogP contribution in [0.3, 0.4) is 0 Å². The van der Waals surface area contributed by atoms with Crippen LogP contribution in [0.1, 0.15) is 43.0 Å². The van der Waals surface area contributed by atoms with Crippen LogP contribution in [0.25, 0.3) is 11.0 Å². The van der Waals surface area contributed by atoms with Crippen LogP contribution in [0.5, 0.6) is 0 Å². The van der Waals surface area contributed by atoms with Crippen LogP contribution >= 0.6 is 0 Å². The van der Waals surface area contributed by atoms with Crippen LogP contribution < -0.4 is 0 Å². The van der Waals surface area contributed by atoms with Crippen molar-refractivity contribution in [3.8, 4) is 0 Å². The third kappa shape index (κ3) is 2.42. The number of carbonyl (C=O) groups is 1. The van der Waals surface area contributed by atoms with E-state index in [9.17, 15) is 9.18 Å². The Morgan fingerprint density at radius 3 is 2.60 bits per heavy atom. The van der Waals surface area contributed by atoms with E-state index in [1.54, 1.807) is 18.1 Å². The number of carbonyl (C=O) groups excluding carboxylic acids is 1. The second-order valence-corrected chi connectivity index (χ2v) is 7.08. The van der Waals surface area contributed by atoms with Crippen LogP contribution in [0.2, 0.25) is 0 Å². The average Bonchev–Trinajstić information content (AvgIpc) is 2.55. The number of nitrogens with zero attached hydrogens (tertiary/aromatic N) is 3. The number of hydrogen-bond acceptors (Lipinski definition) is 4. The largest absolute Gasteiger partial charge is 0.378 e. The summed E-state index contributed by atoms with van der Waals surface area (Å²) in [6.07, 6.45) is 7.42. The molecule has 1 spiro atoms. The van der Waals surface area contributed by atoms with Gasteiger partial charge >= 0.3 is 0 Å². The maximum atomic E-state index is 14.5. The molecule has 1 aromatic carbocycles. The van der Waals surface area contributed by atoms with E-state index in [4.69, 9.17) is 4.74 Å². The first kappa shape index (κ1) is 16.4. The first-order valence-electron chi connectivity index (χ1n) is 8.86. The number of benzene rings is 1. The maximum Gasteiger partial charge on any atom is 0.256 e. The Hall–Kier alpha value is -2.08. The molecule has 132 valence electrons. The van der Waals surface area contributed by atoms with Gasteiger partial charge in [0.15, 0.2) is 0 Å². The summed E-state index contributed by atoms with van der Waals surface area (Å²) in [5.74, 6) is -0.843. The Labute approximate surface area is 146 Å². The smallest absolute Gasteiger partial charge is 0.256 e. The molecule has 0 N–H and O–H groups in total. The highest BCUT2D eigenvalue weighted by Crippen LogP contribution is 2.59. The Morgan fingerprint density at radius 2 is 2.00 bits per heavy atom. The fraction of sp³-hybridized carbons (Fsp3) is 0.526. The summed E-state index contributed by atoms with van der Waals surface area (Å²) in [6.45, 7) is 2.69. The molecule has 0 aliphatic heterocycles. The molecule has 5 nitrogen and oxygen atoms in total.